The van der Waals surface area contributed by atoms with Crippen molar-refractivity contribution in [3.8, 4) is 5.75 Å². The zero-order valence-corrected chi connectivity index (χ0v) is 26.3. The van der Waals surface area contributed by atoms with Crippen LogP contribution in [0, 0.1) is 10.1 Å². The molecular weight excluding hydrogens is 619 g/mol. The third-order valence-electron chi connectivity index (χ3n) is 6.38. The maximum absolute atomic E-state index is 14.2. The number of halogens is 2. The van der Waals surface area contributed by atoms with E-state index in [1.54, 1.807) is 38.1 Å². The summed E-state index contributed by atoms with van der Waals surface area (Å²) >= 11 is 12.5. The molecular formula is C29H32Cl2N4O7S. The number of non-ortho nitro benzene ring substituents is 1. The number of sulfonamides is 1. The van der Waals surface area contributed by atoms with Crippen molar-refractivity contribution in [1.29, 1.82) is 0 Å². The van der Waals surface area contributed by atoms with Crippen LogP contribution in [0.2, 0.25) is 10.0 Å². The van der Waals surface area contributed by atoms with Gasteiger partial charge >= 0.3 is 0 Å². The summed E-state index contributed by atoms with van der Waals surface area (Å²) in [6.07, 6.45) is 0.973. The van der Waals surface area contributed by atoms with Crippen molar-refractivity contribution >= 4 is 56.4 Å². The van der Waals surface area contributed by atoms with Gasteiger partial charge in [-0.25, -0.2) is 8.42 Å². The number of carbonyl (C=O) groups is 2. The number of carbonyl (C=O) groups excluding carboxylic acids is 2. The van der Waals surface area contributed by atoms with Crippen LogP contribution in [0.25, 0.3) is 0 Å². The highest BCUT2D eigenvalue weighted by atomic mass is 35.5. The third kappa shape index (κ3) is 9.06. The lowest BCUT2D eigenvalue weighted by atomic mass is 10.0. The van der Waals surface area contributed by atoms with Gasteiger partial charge in [-0.1, -0.05) is 59.6 Å². The number of nitro benzene ring substituents is 1. The summed E-state index contributed by atoms with van der Waals surface area (Å²) in [7, 11) is -2.92. The highest BCUT2D eigenvalue weighted by molar-refractivity contribution is 7.92. The molecule has 0 saturated carbocycles. The van der Waals surface area contributed by atoms with Crippen molar-refractivity contribution in [3.63, 3.8) is 0 Å². The molecule has 0 spiro atoms. The highest BCUT2D eigenvalue weighted by Crippen LogP contribution is 2.34. The van der Waals surface area contributed by atoms with E-state index in [0.29, 0.717) is 10.6 Å². The first-order chi connectivity index (χ1) is 20.2. The quantitative estimate of drug-likeness (QED) is 0.206. The van der Waals surface area contributed by atoms with Crippen LogP contribution in [0.15, 0.2) is 66.7 Å². The molecule has 230 valence electrons. The van der Waals surface area contributed by atoms with Gasteiger partial charge in [0.15, 0.2) is 0 Å². The molecule has 1 N–H and O–H groups in total. The van der Waals surface area contributed by atoms with Gasteiger partial charge in [0.25, 0.3) is 5.69 Å². The molecule has 0 unspecified atom stereocenters. The van der Waals surface area contributed by atoms with Gasteiger partial charge in [-0.2, -0.15) is 0 Å². The molecule has 3 aromatic carbocycles. The van der Waals surface area contributed by atoms with Gasteiger partial charge in [-0.05, 0) is 43.2 Å². The number of anilines is 1. The number of amides is 2. The number of methoxy groups -OCH3 is 1. The van der Waals surface area contributed by atoms with Crippen molar-refractivity contribution in [2.75, 3.05) is 24.2 Å². The van der Waals surface area contributed by atoms with Gasteiger partial charge in [0.05, 0.1) is 18.3 Å². The Kier molecular flexibility index (Phi) is 11.4. The molecule has 3 rings (SSSR count). The molecule has 0 saturated heterocycles. The fraction of sp³-hybridized carbons (Fsp3) is 0.310. The number of hydrogen-bond donors (Lipinski definition) is 1. The Morgan fingerprint density at radius 1 is 1.05 bits per heavy atom. The van der Waals surface area contributed by atoms with Gasteiger partial charge in [-0.3, -0.25) is 24.0 Å². The van der Waals surface area contributed by atoms with Crippen LogP contribution in [0.1, 0.15) is 25.0 Å². The van der Waals surface area contributed by atoms with Gasteiger partial charge in [0.2, 0.25) is 21.8 Å². The molecule has 0 aliphatic rings. The number of benzene rings is 3. The minimum atomic E-state index is -4.19. The zero-order valence-electron chi connectivity index (χ0n) is 24.0. The van der Waals surface area contributed by atoms with E-state index < -0.39 is 45.0 Å². The molecule has 0 aliphatic carbocycles. The van der Waals surface area contributed by atoms with Crippen molar-refractivity contribution in [2.45, 2.75) is 38.9 Å². The lowest BCUT2D eigenvalue weighted by Crippen LogP contribution is -2.54. The van der Waals surface area contributed by atoms with E-state index in [2.05, 4.69) is 5.32 Å². The largest absolute Gasteiger partial charge is 0.495 e. The number of nitrogens with one attached hydrogen (secondary N) is 1. The van der Waals surface area contributed by atoms with E-state index in [1.807, 2.05) is 18.2 Å². The van der Waals surface area contributed by atoms with E-state index in [4.69, 9.17) is 27.9 Å². The molecule has 3 aromatic rings. The first kappa shape index (κ1) is 33.6. The van der Waals surface area contributed by atoms with Crippen LogP contribution in [-0.4, -0.2) is 62.0 Å². The van der Waals surface area contributed by atoms with Gasteiger partial charge < -0.3 is 15.0 Å². The van der Waals surface area contributed by atoms with E-state index in [1.165, 1.54) is 24.1 Å². The average molecular weight is 652 g/mol. The van der Waals surface area contributed by atoms with Crippen LogP contribution in [0.4, 0.5) is 11.4 Å². The molecule has 14 heteroatoms. The smallest absolute Gasteiger partial charge is 0.271 e. The molecule has 0 aliphatic heterocycles. The Balaban J connectivity index is 2.15. The van der Waals surface area contributed by atoms with Crippen molar-refractivity contribution in [1.82, 2.24) is 10.2 Å². The maximum atomic E-state index is 14.2. The number of ether oxygens (including phenoxy) is 1. The molecule has 0 heterocycles. The van der Waals surface area contributed by atoms with E-state index in [-0.39, 0.29) is 35.5 Å². The van der Waals surface area contributed by atoms with E-state index >= 15 is 0 Å². The predicted molar refractivity (Wildman–Crippen MR) is 166 cm³/mol. The number of nitrogens with zero attached hydrogens (tertiary/aromatic N) is 3. The van der Waals surface area contributed by atoms with Gasteiger partial charge in [0.1, 0.15) is 24.0 Å². The normalized spacial score (nSPS) is 12.0. The molecule has 0 bridgehead atoms. The molecule has 0 fully saturated rings. The Bertz CT molecular complexity index is 1590. The molecule has 0 radical (unpaired) electrons. The second-order valence-corrected chi connectivity index (χ2v) is 12.8. The molecule has 11 nitrogen and oxygen atoms in total. The van der Waals surface area contributed by atoms with Crippen LogP contribution in [0.3, 0.4) is 0 Å². The SMILES string of the molecule is COc1ccc([N+](=O)[O-])cc1N(CC(=O)N(Cc1ccc(Cl)cc1Cl)[C@@H](Cc1ccccc1)C(=O)NC(C)C)S(C)(=O)=O. The Labute approximate surface area is 260 Å². The Morgan fingerprint density at radius 3 is 2.28 bits per heavy atom. The predicted octanol–water partition coefficient (Wildman–Crippen LogP) is 4.84. The minimum absolute atomic E-state index is 0.00509. The fourth-order valence-electron chi connectivity index (χ4n) is 4.35. The zero-order chi connectivity index (χ0) is 31.9. The number of hydrogen-bond acceptors (Lipinski definition) is 7. The molecule has 43 heavy (non-hydrogen) atoms. The lowest BCUT2D eigenvalue weighted by Gasteiger charge is -2.34. The summed E-state index contributed by atoms with van der Waals surface area (Å²) in [5.41, 5.74) is 0.614. The monoisotopic (exact) mass is 650 g/mol. The van der Waals surface area contributed by atoms with Crippen LogP contribution >= 0.6 is 23.2 Å². The topological polar surface area (TPSA) is 139 Å². The van der Waals surface area contributed by atoms with Crippen LogP contribution in [0.5, 0.6) is 5.75 Å². The van der Waals surface area contributed by atoms with Crippen LogP contribution < -0.4 is 14.4 Å². The fourth-order valence-corrected chi connectivity index (χ4v) is 5.66. The number of rotatable bonds is 13. The van der Waals surface area contributed by atoms with E-state index in [9.17, 15) is 28.1 Å². The van der Waals surface area contributed by atoms with Crippen molar-refractivity contribution in [2.24, 2.45) is 0 Å². The van der Waals surface area contributed by atoms with Crippen molar-refractivity contribution in [3.05, 3.63) is 98.0 Å². The second-order valence-electron chi connectivity index (χ2n) is 10.0. The first-order valence-corrected chi connectivity index (χ1v) is 15.7. The summed E-state index contributed by atoms with van der Waals surface area (Å²) in [5, 5.41) is 15.0. The summed E-state index contributed by atoms with van der Waals surface area (Å²) < 4.78 is 32.1. The molecule has 2 amide bonds. The second kappa shape index (κ2) is 14.5. The standard InChI is InChI=1S/C29H32Cl2N4O7S/c1-19(2)32-29(37)26(14-20-8-6-5-7-9-20)33(17-21-10-11-22(30)15-24(21)31)28(36)18-34(43(4,40)41)25-16-23(35(38)39)12-13-27(25)42-3/h5-13,15-16,19,26H,14,17-18H2,1-4H3,(H,32,37)/t26-/m0/s1. The van der Waals surface area contributed by atoms with Gasteiger partial charge in [0, 0.05) is 41.2 Å². The first-order valence-electron chi connectivity index (χ1n) is 13.1. The third-order valence-corrected chi connectivity index (χ3v) is 8.09. The van der Waals surface area contributed by atoms with Gasteiger partial charge in [-0.15, -0.1) is 0 Å². The maximum Gasteiger partial charge on any atom is 0.271 e. The lowest BCUT2D eigenvalue weighted by molar-refractivity contribution is -0.384. The average Bonchev–Trinajstić information content (AvgIpc) is 2.93. The Hall–Kier alpha value is -3.87. The summed E-state index contributed by atoms with van der Waals surface area (Å²) in [5.74, 6) is -1.23. The minimum Gasteiger partial charge on any atom is -0.495 e. The molecule has 0 aromatic heterocycles. The Morgan fingerprint density at radius 2 is 1.72 bits per heavy atom. The molecule has 1 atom stereocenters. The number of nitro groups is 1. The highest BCUT2D eigenvalue weighted by Gasteiger charge is 2.34. The summed E-state index contributed by atoms with van der Waals surface area (Å²) in [4.78, 5) is 39.9. The summed E-state index contributed by atoms with van der Waals surface area (Å²) in [6.45, 7) is 2.60. The summed E-state index contributed by atoms with van der Waals surface area (Å²) in [6, 6.07) is 15.8. The van der Waals surface area contributed by atoms with E-state index in [0.717, 1.165) is 28.3 Å². The van der Waals surface area contributed by atoms with Crippen molar-refractivity contribution < 1.29 is 27.7 Å². The van der Waals surface area contributed by atoms with Crippen LogP contribution in [-0.2, 0) is 32.6 Å².